The number of nitrogens with zero attached hydrogens (tertiary/aromatic N) is 2. The number of halogens is 1. The zero-order chi connectivity index (χ0) is 15.2. The molecule has 1 heterocycles. The number of aromatic nitrogens is 1. The smallest absolute Gasteiger partial charge is 0.303 e. The number of anilines is 1. The van der Waals surface area contributed by atoms with Crippen molar-refractivity contribution in [1.82, 2.24) is 4.98 Å². The van der Waals surface area contributed by atoms with E-state index in [1.165, 1.54) is 11.3 Å². The minimum atomic E-state index is -0.830. The summed E-state index contributed by atoms with van der Waals surface area (Å²) in [5, 5.41) is 16.0. The van der Waals surface area contributed by atoms with Gasteiger partial charge in [-0.05, 0) is 25.5 Å². The van der Waals surface area contributed by atoms with E-state index in [0.717, 1.165) is 17.0 Å². The van der Waals surface area contributed by atoms with Crippen molar-refractivity contribution in [2.24, 2.45) is 5.10 Å². The summed E-state index contributed by atoms with van der Waals surface area (Å²) in [4.78, 5) is 14.9. The summed E-state index contributed by atoms with van der Waals surface area (Å²) < 4.78 is 0. The van der Waals surface area contributed by atoms with Crippen molar-refractivity contribution in [3.05, 3.63) is 34.7 Å². The summed E-state index contributed by atoms with van der Waals surface area (Å²) in [6.45, 7) is 1.78. The van der Waals surface area contributed by atoms with Gasteiger partial charge in [0.05, 0.1) is 12.1 Å². The molecule has 1 aromatic heterocycles. The fraction of sp³-hybridized carbons (Fsp3) is 0.214. The summed E-state index contributed by atoms with van der Waals surface area (Å²) in [6.07, 6.45) is 0.489. The Labute approximate surface area is 131 Å². The maximum Gasteiger partial charge on any atom is 0.303 e. The Morgan fingerprint density at radius 3 is 2.76 bits per heavy atom. The van der Waals surface area contributed by atoms with Gasteiger partial charge in [-0.15, -0.1) is 11.3 Å². The molecular formula is C14H14ClN3O2S. The second-order valence-electron chi connectivity index (χ2n) is 4.40. The van der Waals surface area contributed by atoms with Crippen LogP contribution in [-0.4, -0.2) is 21.8 Å². The first-order chi connectivity index (χ1) is 10.0. The van der Waals surface area contributed by atoms with Crippen LogP contribution in [-0.2, 0) is 4.79 Å². The fourth-order valence-electron chi connectivity index (χ4n) is 1.57. The Kier molecular flexibility index (Phi) is 5.30. The molecule has 0 radical (unpaired) electrons. The van der Waals surface area contributed by atoms with E-state index >= 15 is 0 Å². The van der Waals surface area contributed by atoms with Gasteiger partial charge in [-0.25, -0.2) is 4.98 Å². The summed E-state index contributed by atoms with van der Waals surface area (Å²) in [5.41, 5.74) is 5.40. The van der Waals surface area contributed by atoms with Gasteiger partial charge in [-0.2, -0.15) is 5.10 Å². The van der Waals surface area contributed by atoms with E-state index in [1.54, 1.807) is 6.92 Å². The fourth-order valence-corrected chi connectivity index (χ4v) is 2.35. The van der Waals surface area contributed by atoms with Crippen molar-refractivity contribution in [3.8, 4) is 11.3 Å². The third-order valence-electron chi connectivity index (χ3n) is 2.69. The first-order valence-electron chi connectivity index (χ1n) is 6.27. The van der Waals surface area contributed by atoms with Gasteiger partial charge in [0, 0.05) is 21.7 Å². The number of thiazole rings is 1. The average Bonchev–Trinajstić information content (AvgIpc) is 2.92. The van der Waals surface area contributed by atoms with Crippen molar-refractivity contribution in [3.63, 3.8) is 0 Å². The maximum absolute atomic E-state index is 10.5. The number of aliphatic carboxylic acids is 1. The van der Waals surface area contributed by atoms with Gasteiger partial charge < -0.3 is 5.11 Å². The lowest BCUT2D eigenvalue weighted by molar-refractivity contribution is -0.136. The molecule has 0 fully saturated rings. The second kappa shape index (κ2) is 7.19. The lowest BCUT2D eigenvalue weighted by Gasteiger charge is -1.99. The van der Waals surface area contributed by atoms with Crippen molar-refractivity contribution in [1.29, 1.82) is 0 Å². The predicted molar refractivity (Wildman–Crippen MR) is 86.2 cm³/mol. The molecule has 0 saturated heterocycles. The topological polar surface area (TPSA) is 74.6 Å². The number of hydrogen-bond donors (Lipinski definition) is 2. The Morgan fingerprint density at radius 1 is 1.38 bits per heavy atom. The second-order valence-corrected chi connectivity index (χ2v) is 5.69. The zero-order valence-electron chi connectivity index (χ0n) is 11.3. The van der Waals surface area contributed by atoms with Crippen LogP contribution in [0, 0.1) is 0 Å². The number of hydrazone groups is 1. The molecule has 7 heteroatoms. The van der Waals surface area contributed by atoms with E-state index in [-0.39, 0.29) is 6.42 Å². The Morgan fingerprint density at radius 2 is 2.10 bits per heavy atom. The van der Waals surface area contributed by atoms with Crippen LogP contribution >= 0.6 is 22.9 Å². The molecule has 0 atom stereocenters. The zero-order valence-corrected chi connectivity index (χ0v) is 12.9. The summed E-state index contributed by atoms with van der Waals surface area (Å²) in [5.74, 6) is -0.830. The van der Waals surface area contributed by atoms with Gasteiger partial charge in [-0.1, -0.05) is 23.7 Å². The maximum atomic E-state index is 10.5. The molecule has 1 aromatic carbocycles. The minimum absolute atomic E-state index is 0.0743. The molecule has 0 bridgehead atoms. The SMILES string of the molecule is C/C(CCC(=O)O)=N\Nc1nc(-c2ccc(Cl)cc2)cs1. The van der Waals surface area contributed by atoms with Gasteiger partial charge in [0.1, 0.15) is 0 Å². The molecule has 0 unspecified atom stereocenters. The molecule has 2 N–H and O–H groups in total. The summed E-state index contributed by atoms with van der Waals surface area (Å²) in [7, 11) is 0. The first kappa shape index (κ1) is 15.5. The Hall–Kier alpha value is -1.92. The third-order valence-corrected chi connectivity index (χ3v) is 3.69. The van der Waals surface area contributed by atoms with Crippen LogP contribution in [0.2, 0.25) is 5.02 Å². The number of carbonyl (C=O) groups is 1. The van der Waals surface area contributed by atoms with Crippen LogP contribution in [0.5, 0.6) is 0 Å². The van der Waals surface area contributed by atoms with Crippen LogP contribution in [0.15, 0.2) is 34.7 Å². The highest BCUT2D eigenvalue weighted by atomic mass is 35.5. The van der Waals surface area contributed by atoms with Crippen LogP contribution in [0.4, 0.5) is 5.13 Å². The van der Waals surface area contributed by atoms with Crippen molar-refractivity contribution in [2.75, 3.05) is 5.43 Å². The van der Waals surface area contributed by atoms with Crippen molar-refractivity contribution >= 4 is 39.8 Å². The molecule has 0 saturated carbocycles. The lowest BCUT2D eigenvalue weighted by Crippen LogP contribution is -2.02. The van der Waals surface area contributed by atoms with Crippen LogP contribution in [0.3, 0.4) is 0 Å². The molecule has 110 valence electrons. The van der Waals surface area contributed by atoms with E-state index in [9.17, 15) is 4.79 Å². The molecular weight excluding hydrogens is 310 g/mol. The number of nitrogens with one attached hydrogen (secondary N) is 1. The van der Waals surface area contributed by atoms with Crippen LogP contribution < -0.4 is 5.43 Å². The average molecular weight is 324 g/mol. The molecule has 0 aliphatic carbocycles. The number of benzene rings is 1. The standard InChI is InChI=1S/C14H14ClN3O2S/c1-9(2-7-13(19)20)17-18-14-16-12(8-21-14)10-3-5-11(15)6-4-10/h3-6,8H,2,7H2,1H3,(H,16,18)(H,19,20)/b17-9+. The highest BCUT2D eigenvalue weighted by molar-refractivity contribution is 7.14. The van der Waals surface area contributed by atoms with Crippen molar-refractivity contribution in [2.45, 2.75) is 19.8 Å². The highest BCUT2D eigenvalue weighted by Gasteiger charge is 2.04. The molecule has 2 aromatic rings. The van der Waals surface area contributed by atoms with E-state index in [1.807, 2.05) is 29.6 Å². The summed E-state index contributed by atoms with van der Waals surface area (Å²) in [6, 6.07) is 7.44. The van der Waals surface area contributed by atoms with Gasteiger partial charge in [-0.3, -0.25) is 10.2 Å². The van der Waals surface area contributed by atoms with E-state index < -0.39 is 5.97 Å². The molecule has 0 aliphatic heterocycles. The normalized spacial score (nSPS) is 11.4. The molecule has 0 spiro atoms. The van der Waals surface area contributed by atoms with Crippen LogP contribution in [0.25, 0.3) is 11.3 Å². The minimum Gasteiger partial charge on any atom is -0.481 e. The van der Waals surface area contributed by atoms with Gasteiger partial charge in [0.15, 0.2) is 0 Å². The van der Waals surface area contributed by atoms with Gasteiger partial charge in [0.25, 0.3) is 0 Å². The molecule has 2 rings (SSSR count). The first-order valence-corrected chi connectivity index (χ1v) is 7.53. The Bertz CT molecular complexity index is 652. The predicted octanol–water partition coefficient (Wildman–Crippen LogP) is 4.12. The highest BCUT2D eigenvalue weighted by Crippen LogP contribution is 2.25. The Balaban J connectivity index is 1.98. The largest absolute Gasteiger partial charge is 0.481 e. The van der Waals surface area contributed by atoms with Gasteiger partial charge >= 0.3 is 5.97 Å². The quantitative estimate of drug-likeness (QED) is 0.619. The van der Waals surface area contributed by atoms with Gasteiger partial charge in [0.2, 0.25) is 5.13 Å². The van der Waals surface area contributed by atoms with E-state index in [0.29, 0.717) is 16.6 Å². The molecule has 5 nitrogen and oxygen atoms in total. The number of carboxylic acid groups (broad SMARTS) is 1. The number of carboxylic acids is 1. The molecule has 0 amide bonds. The number of hydrogen-bond acceptors (Lipinski definition) is 5. The molecule has 0 aliphatic rings. The lowest BCUT2D eigenvalue weighted by atomic mass is 10.2. The monoisotopic (exact) mass is 323 g/mol. The third kappa shape index (κ3) is 4.84. The molecule has 21 heavy (non-hydrogen) atoms. The van der Waals surface area contributed by atoms with Crippen molar-refractivity contribution < 1.29 is 9.90 Å². The summed E-state index contributed by atoms with van der Waals surface area (Å²) >= 11 is 7.29. The number of rotatable bonds is 6. The van der Waals surface area contributed by atoms with E-state index in [2.05, 4.69) is 15.5 Å². The van der Waals surface area contributed by atoms with E-state index in [4.69, 9.17) is 16.7 Å². The van der Waals surface area contributed by atoms with Crippen LogP contribution in [0.1, 0.15) is 19.8 Å².